The van der Waals surface area contributed by atoms with Crippen LogP contribution in [0.2, 0.25) is 5.15 Å². The van der Waals surface area contributed by atoms with Gasteiger partial charge in [-0.05, 0) is 17.7 Å². The van der Waals surface area contributed by atoms with Crippen LogP contribution in [0.15, 0.2) is 84.9 Å². The molecule has 0 bridgehead atoms. The summed E-state index contributed by atoms with van der Waals surface area (Å²) in [5.41, 5.74) is 2.28. The minimum absolute atomic E-state index is 0.252. The summed E-state index contributed by atoms with van der Waals surface area (Å²) < 4.78 is 11.9. The van der Waals surface area contributed by atoms with Gasteiger partial charge in [0.2, 0.25) is 5.88 Å². The fraction of sp³-hybridized carbons (Fsp3) is 0.0417. The molecule has 0 aliphatic rings. The third-order valence-electron chi connectivity index (χ3n) is 4.23. The third-order valence-corrected chi connectivity index (χ3v) is 4.42. The van der Waals surface area contributed by atoms with Crippen LogP contribution in [0.1, 0.15) is 11.1 Å². The van der Waals surface area contributed by atoms with E-state index in [4.69, 9.17) is 21.1 Å². The topological polar surface area (TPSA) is 68.0 Å². The van der Waals surface area contributed by atoms with Crippen LogP contribution in [0.3, 0.4) is 0 Å². The number of nitriles is 1. The average molecular weight is 414 g/mol. The number of benzene rings is 3. The Kier molecular flexibility index (Phi) is 5.88. The van der Waals surface area contributed by atoms with Crippen molar-refractivity contribution in [3.8, 4) is 34.8 Å². The number of hydrogen-bond donors (Lipinski definition) is 0. The molecule has 0 fully saturated rings. The lowest BCUT2D eigenvalue weighted by Crippen LogP contribution is -1.99. The smallest absolute Gasteiger partial charge is 0.224 e. The minimum atomic E-state index is 0.252. The molecule has 0 aliphatic carbocycles. The highest BCUT2D eigenvalue weighted by molar-refractivity contribution is 6.29. The Morgan fingerprint density at radius 1 is 0.833 bits per heavy atom. The van der Waals surface area contributed by atoms with Crippen molar-refractivity contribution in [1.29, 1.82) is 5.26 Å². The fourth-order valence-corrected chi connectivity index (χ4v) is 2.96. The number of ether oxygens (including phenoxy) is 2. The van der Waals surface area contributed by atoms with Crippen LogP contribution in [0.25, 0.3) is 11.4 Å². The molecule has 0 unspecified atom stereocenters. The molecule has 4 aromatic rings. The van der Waals surface area contributed by atoms with Crippen LogP contribution in [0.5, 0.6) is 17.4 Å². The molecule has 0 N–H and O–H groups in total. The van der Waals surface area contributed by atoms with Gasteiger partial charge >= 0.3 is 0 Å². The molecule has 4 rings (SSSR count). The molecule has 1 aromatic heterocycles. The molecule has 0 saturated heterocycles. The summed E-state index contributed by atoms with van der Waals surface area (Å²) in [5.74, 6) is 1.57. The molecule has 5 nitrogen and oxygen atoms in total. The highest BCUT2D eigenvalue weighted by Gasteiger charge is 2.12. The second kappa shape index (κ2) is 9.08. The van der Waals surface area contributed by atoms with Gasteiger partial charge in [0, 0.05) is 17.7 Å². The van der Waals surface area contributed by atoms with Gasteiger partial charge in [0.05, 0.1) is 11.6 Å². The quantitative estimate of drug-likeness (QED) is 0.360. The summed E-state index contributed by atoms with van der Waals surface area (Å²) >= 11 is 6.19. The standard InChI is InChI=1S/C24H16ClN3O2/c25-22-14-23(28-24(27-22)19-9-5-2-6-10-19)30-21-13-18(15-26)11-12-20(21)29-16-17-7-3-1-4-8-17/h1-14H,16H2. The molecule has 30 heavy (non-hydrogen) atoms. The van der Waals surface area contributed by atoms with E-state index in [0.717, 1.165) is 11.1 Å². The summed E-state index contributed by atoms with van der Waals surface area (Å²) in [6, 6.07) is 27.9. The van der Waals surface area contributed by atoms with E-state index in [1.165, 1.54) is 6.07 Å². The van der Waals surface area contributed by atoms with Crippen molar-refractivity contribution in [2.75, 3.05) is 0 Å². The lowest BCUT2D eigenvalue weighted by molar-refractivity contribution is 0.290. The SMILES string of the molecule is N#Cc1ccc(OCc2ccccc2)c(Oc2cc(Cl)nc(-c3ccccc3)n2)c1. The number of halogens is 1. The summed E-state index contributed by atoms with van der Waals surface area (Å²) in [7, 11) is 0. The van der Waals surface area contributed by atoms with Crippen molar-refractivity contribution < 1.29 is 9.47 Å². The van der Waals surface area contributed by atoms with Crippen molar-refractivity contribution in [3.63, 3.8) is 0 Å². The van der Waals surface area contributed by atoms with E-state index in [0.29, 0.717) is 29.5 Å². The fourth-order valence-electron chi connectivity index (χ4n) is 2.79. The second-order valence-corrected chi connectivity index (χ2v) is 6.76. The van der Waals surface area contributed by atoms with Crippen molar-refractivity contribution in [2.24, 2.45) is 0 Å². The summed E-state index contributed by atoms with van der Waals surface area (Å²) in [6.45, 7) is 0.364. The van der Waals surface area contributed by atoms with Gasteiger partial charge in [0.25, 0.3) is 0 Å². The van der Waals surface area contributed by atoms with E-state index >= 15 is 0 Å². The van der Waals surface area contributed by atoms with Gasteiger partial charge < -0.3 is 9.47 Å². The zero-order chi connectivity index (χ0) is 20.8. The van der Waals surface area contributed by atoms with Gasteiger partial charge in [0.15, 0.2) is 17.3 Å². The first-order valence-electron chi connectivity index (χ1n) is 9.20. The molecule has 0 aliphatic heterocycles. The van der Waals surface area contributed by atoms with Crippen LogP contribution in [-0.2, 0) is 6.61 Å². The highest BCUT2D eigenvalue weighted by Crippen LogP contribution is 2.34. The van der Waals surface area contributed by atoms with Gasteiger partial charge in [-0.1, -0.05) is 72.3 Å². The summed E-state index contributed by atoms with van der Waals surface area (Å²) in [6.07, 6.45) is 0. The van der Waals surface area contributed by atoms with Gasteiger partial charge in [0.1, 0.15) is 11.8 Å². The molecule has 6 heteroatoms. The third kappa shape index (κ3) is 4.75. The first kappa shape index (κ1) is 19.4. The zero-order valence-corrected chi connectivity index (χ0v) is 16.6. The normalized spacial score (nSPS) is 10.3. The second-order valence-electron chi connectivity index (χ2n) is 6.37. The van der Waals surface area contributed by atoms with Crippen molar-refractivity contribution >= 4 is 11.6 Å². The maximum absolute atomic E-state index is 9.27. The molecule has 0 saturated carbocycles. The van der Waals surface area contributed by atoms with Crippen LogP contribution in [-0.4, -0.2) is 9.97 Å². The Morgan fingerprint density at radius 3 is 2.30 bits per heavy atom. The predicted octanol–water partition coefficient (Wildman–Crippen LogP) is 6.04. The number of nitrogens with zero attached hydrogens (tertiary/aromatic N) is 3. The van der Waals surface area contributed by atoms with Crippen LogP contribution >= 0.6 is 11.6 Å². The largest absolute Gasteiger partial charge is 0.485 e. The molecule has 0 amide bonds. The number of hydrogen-bond acceptors (Lipinski definition) is 5. The first-order valence-corrected chi connectivity index (χ1v) is 9.58. The summed E-state index contributed by atoms with van der Waals surface area (Å²) in [5, 5.41) is 9.52. The molecule has 1 heterocycles. The van der Waals surface area contributed by atoms with Crippen LogP contribution in [0.4, 0.5) is 0 Å². The van der Waals surface area contributed by atoms with E-state index in [9.17, 15) is 5.26 Å². The molecule has 0 atom stereocenters. The molecule has 146 valence electrons. The lowest BCUT2D eigenvalue weighted by atomic mass is 10.2. The zero-order valence-electron chi connectivity index (χ0n) is 15.8. The molecule has 3 aromatic carbocycles. The molecular formula is C24H16ClN3O2. The van der Waals surface area contributed by atoms with Gasteiger partial charge in [-0.3, -0.25) is 0 Å². The molecule has 0 spiro atoms. The van der Waals surface area contributed by atoms with Crippen LogP contribution < -0.4 is 9.47 Å². The van der Waals surface area contributed by atoms with Crippen molar-refractivity contribution in [1.82, 2.24) is 9.97 Å². The van der Waals surface area contributed by atoms with E-state index in [1.54, 1.807) is 18.2 Å². The molecular weight excluding hydrogens is 398 g/mol. The van der Waals surface area contributed by atoms with E-state index < -0.39 is 0 Å². The van der Waals surface area contributed by atoms with Crippen LogP contribution in [0, 0.1) is 11.3 Å². The first-order chi connectivity index (χ1) is 14.7. The Hall–Kier alpha value is -3.88. The highest BCUT2D eigenvalue weighted by atomic mass is 35.5. The average Bonchev–Trinajstić information content (AvgIpc) is 2.79. The van der Waals surface area contributed by atoms with Crippen molar-refractivity contribution in [3.05, 3.63) is 101 Å². The van der Waals surface area contributed by atoms with Gasteiger partial charge in [-0.15, -0.1) is 0 Å². The van der Waals surface area contributed by atoms with E-state index in [1.807, 2.05) is 60.7 Å². The van der Waals surface area contributed by atoms with E-state index in [-0.39, 0.29) is 11.0 Å². The maximum Gasteiger partial charge on any atom is 0.224 e. The Bertz CT molecular complexity index is 1190. The monoisotopic (exact) mass is 413 g/mol. The Balaban J connectivity index is 1.63. The Morgan fingerprint density at radius 2 is 1.57 bits per heavy atom. The van der Waals surface area contributed by atoms with E-state index in [2.05, 4.69) is 16.0 Å². The predicted molar refractivity (Wildman–Crippen MR) is 114 cm³/mol. The number of rotatable bonds is 6. The van der Waals surface area contributed by atoms with Gasteiger partial charge in [-0.2, -0.15) is 10.2 Å². The minimum Gasteiger partial charge on any atom is -0.485 e. The Labute approximate surface area is 179 Å². The summed E-state index contributed by atoms with van der Waals surface area (Å²) in [4.78, 5) is 8.73. The van der Waals surface area contributed by atoms with Gasteiger partial charge in [-0.25, -0.2) is 4.98 Å². The number of aromatic nitrogens is 2. The lowest BCUT2D eigenvalue weighted by Gasteiger charge is -2.13. The molecule has 0 radical (unpaired) electrons. The maximum atomic E-state index is 9.27. The van der Waals surface area contributed by atoms with Crippen molar-refractivity contribution in [2.45, 2.75) is 6.61 Å².